The lowest BCUT2D eigenvalue weighted by molar-refractivity contribution is 0.404. The highest BCUT2D eigenvalue weighted by Gasteiger charge is 2.12. The summed E-state index contributed by atoms with van der Waals surface area (Å²) < 4.78 is 0. The van der Waals surface area contributed by atoms with Crippen LogP contribution in [0.1, 0.15) is 5.56 Å². The minimum absolute atomic E-state index is 0.943. The predicted molar refractivity (Wildman–Crippen MR) is 85.1 cm³/mol. The molecule has 0 fully saturated rings. The third-order valence-corrected chi connectivity index (χ3v) is 3.88. The van der Waals surface area contributed by atoms with Crippen molar-refractivity contribution in [2.75, 3.05) is 14.1 Å². The van der Waals surface area contributed by atoms with Gasteiger partial charge in [0.1, 0.15) is 0 Å². The van der Waals surface area contributed by atoms with Crippen LogP contribution in [0.15, 0.2) is 42.6 Å². The van der Waals surface area contributed by atoms with Crippen molar-refractivity contribution in [3.63, 3.8) is 0 Å². The van der Waals surface area contributed by atoms with E-state index in [1.807, 2.05) is 0 Å². The van der Waals surface area contributed by atoms with Crippen molar-refractivity contribution in [3.05, 3.63) is 48.2 Å². The van der Waals surface area contributed by atoms with Crippen LogP contribution in [0, 0.1) is 0 Å². The SMILES string of the molecule is CN(C)Cc1c[nH]c2ccc3[nH]c4ccccc4c3c12. The summed E-state index contributed by atoms with van der Waals surface area (Å²) in [5.41, 5.74) is 4.96. The largest absolute Gasteiger partial charge is 0.361 e. The Morgan fingerprint density at radius 1 is 0.900 bits per heavy atom. The van der Waals surface area contributed by atoms with Crippen molar-refractivity contribution in [3.8, 4) is 0 Å². The van der Waals surface area contributed by atoms with Gasteiger partial charge in [0, 0.05) is 45.5 Å². The summed E-state index contributed by atoms with van der Waals surface area (Å²) in [6.45, 7) is 0.943. The zero-order valence-electron chi connectivity index (χ0n) is 11.7. The summed E-state index contributed by atoms with van der Waals surface area (Å²) in [6, 6.07) is 12.8. The Kier molecular flexibility index (Phi) is 2.38. The molecule has 0 saturated carbocycles. The molecular weight excluding hydrogens is 246 g/mol. The maximum Gasteiger partial charge on any atom is 0.0472 e. The summed E-state index contributed by atoms with van der Waals surface area (Å²) in [4.78, 5) is 9.12. The van der Waals surface area contributed by atoms with Crippen LogP contribution in [0.3, 0.4) is 0 Å². The maximum atomic E-state index is 3.51. The van der Waals surface area contributed by atoms with E-state index in [9.17, 15) is 0 Å². The second-order valence-corrected chi connectivity index (χ2v) is 5.63. The predicted octanol–water partition coefficient (Wildman–Crippen LogP) is 3.86. The van der Waals surface area contributed by atoms with E-state index in [0.717, 1.165) is 6.54 Å². The summed E-state index contributed by atoms with van der Waals surface area (Å²) in [6.07, 6.45) is 2.13. The second kappa shape index (κ2) is 4.12. The molecule has 0 amide bonds. The molecule has 0 atom stereocenters. The molecule has 0 radical (unpaired) electrons. The molecule has 4 rings (SSSR count). The van der Waals surface area contributed by atoms with Crippen molar-refractivity contribution in [2.45, 2.75) is 6.54 Å². The van der Waals surface area contributed by atoms with Gasteiger partial charge in [-0.1, -0.05) is 18.2 Å². The lowest BCUT2D eigenvalue weighted by Gasteiger charge is -2.08. The Labute approximate surface area is 117 Å². The van der Waals surface area contributed by atoms with Gasteiger partial charge >= 0.3 is 0 Å². The fourth-order valence-electron chi connectivity index (χ4n) is 3.10. The van der Waals surface area contributed by atoms with Gasteiger partial charge in [0.2, 0.25) is 0 Å². The number of hydrogen-bond donors (Lipinski definition) is 2. The van der Waals surface area contributed by atoms with E-state index in [1.165, 1.54) is 38.3 Å². The van der Waals surface area contributed by atoms with Gasteiger partial charge in [0.05, 0.1) is 0 Å². The molecule has 2 aromatic heterocycles. The van der Waals surface area contributed by atoms with Gasteiger partial charge in [0.15, 0.2) is 0 Å². The normalized spacial score (nSPS) is 12.2. The van der Waals surface area contributed by atoms with Crippen LogP contribution in [0.4, 0.5) is 0 Å². The molecule has 3 heteroatoms. The summed E-state index contributed by atoms with van der Waals surface area (Å²) >= 11 is 0. The van der Waals surface area contributed by atoms with Gasteiger partial charge in [0.25, 0.3) is 0 Å². The highest BCUT2D eigenvalue weighted by molar-refractivity contribution is 6.20. The second-order valence-electron chi connectivity index (χ2n) is 5.63. The minimum atomic E-state index is 0.943. The van der Waals surface area contributed by atoms with E-state index in [1.54, 1.807) is 0 Å². The highest BCUT2D eigenvalue weighted by atomic mass is 15.0. The molecule has 0 spiro atoms. The third-order valence-electron chi connectivity index (χ3n) is 3.88. The van der Waals surface area contributed by atoms with Crippen LogP contribution in [0.5, 0.6) is 0 Å². The molecule has 0 aliphatic rings. The summed E-state index contributed by atoms with van der Waals surface area (Å²) in [7, 11) is 4.21. The van der Waals surface area contributed by atoms with E-state index >= 15 is 0 Å². The molecular formula is C17H17N3. The summed E-state index contributed by atoms with van der Waals surface area (Å²) in [5, 5.41) is 3.97. The van der Waals surface area contributed by atoms with E-state index < -0.39 is 0 Å². The van der Waals surface area contributed by atoms with Crippen LogP contribution in [-0.4, -0.2) is 29.0 Å². The third kappa shape index (κ3) is 1.57. The molecule has 4 aromatic rings. The number of para-hydroxylation sites is 1. The first-order valence-corrected chi connectivity index (χ1v) is 6.88. The van der Waals surface area contributed by atoms with E-state index in [0.29, 0.717) is 0 Å². The van der Waals surface area contributed by atoms with Crippen LogP contribution < -0.4 is 0 Å². The molecule has 0 aliphatic heterocycles. The van der Waals surface area contributed by atoms with Gasteiger partial charge in [-0.3, -0.25) is 0 Å². The number of benzene rings is 2. The molecule has 2 heterocycles. The van der Waals surface area contributed by atoms with Crippen molar-refractivity contribution >= 4 is 32.7 Å². The maximum absolute atomic E-state index is 3.51. The smallest absolute Gasteiger partial charge is 0.0472 e. The molecule has 3 nitrogen and oxygen atoms in total. The number of fused-ring (bicyclic) bond motifs is 5. The standard InChI is InChI=1S/C17H17N3/c1-20(2)10-11-9-18-14-7-8-15-17(16(11)14)12-5-3-4-6-13(12)19-15/h3-9,18-19H,10H2,1-2H3. The van der Waals surface area contributed by atoms with Crippen LogP contribution in [0.2, 0.25) is 0 Å². The zero-order chi connectivity index (χ0) is 13.7. The first-order chi connectivity index (χ1) is 9.74. The van der Waals surface area contributed by atoms with Crippen LogP contribution in [-0.2, 0) is 6.54 Å². The number of aromatic amines is 2. The Hall–Kier alpha value is -2.26. The van der Waals surface area contributed by atoms with Crippen LogP contribution >= 0.6 is 0 Å². The zero-order valence-corrected chi connectivity index (χ0v) is 11.7. The monoisotopic (exact) mass is 263 g/mol. The number of hydrogen-bond acceptors (Lipinski definition) is 1. The summed E-state index contributed by atoms with van der Waals surface area (Å²) in [5.74, 6) is 0. The van der Waals surface area contributed by atoms with Crippen molar-refractivity contribution in [1.82, 2.24) is 14.9 Å². The van der Waals surface area contributed by atoms with Gasteiger partial charge < -0.3 is 14.9 Å². The van der Waals surface area contributed by atoms with Crippen molar-refractivity contribution < 1.29 is 0 Å². The van der Waals surface area contributed by atoms with Gasteiger partial charge in [-0.2, -0.15) is 0 Å². The molecule has 2 N–H and O–H groups in total. The molecule has 0 aliphatic carbocycles. The number of nitrogens with one attached hydrogen (secondary N) is 2. The Morgan fingerprint density at radius 3 is 2.55 bits per heavy atom. The van der Waals surface area contributed by atoms with E-state index in [-0.39, 0.29) is 0 Å². The highest BCUT2D eigenvalue weighted by Crippen LogP contribution is 2.34. The number of nitrogens with zero attached hydrogens (tertiary/aromatic N) is 1. The molecule has 100 valence electrons. The first kappa shape index (κ1) is 11.6. The Bertz CT molecular complexity index is 912. The first-order valence-electron chi connectivity index (χ1n) is 6.88. The lowest BCUT2D eigenvalue weighted by Crippen LogP contribution is -2.10. The van der Waals surface area contributed by atoms with E-state index in [2.05, 4.69) is 71.6 Å². The number of rotatable bonds is 2. The molecule has 0 unspecified atom stereocenters. The quantitative estimate of drug-likeness (QED) is 0.566. The molecule has 0 saturated heterocycles. The Balaban J connectivity index is 2.17. The Morgan fingerprint density at radius 2 is 1.70 bits per heavy atom. The average Bonchev–Trinajstić information content (AvgIpc) is 2.98. The topological polar surface area (TPSA) is 34.8 Å². The van der Waals surface area contributed by atoms with Crippen molar-refractivity contribution in [1.29, 1.82) is 0 Å². The van der Waals surface area contributed by atoms with Gasteiger partial charge in [-0.05, 0) is 37.9 Å². The molecule has 0 bridgehead atoms. The molecule has 20 heavy (non-hydrogen) atoms. The van der Waals surface area contributed by atoms with Crippen LogP contribution in [0.25, 0.3) is 32.7 Å². The number of aromatic nitrogens is 2. The average molecular weight is 263 g/mol. The minimum Gasteiger partial charge on any atom is -0.361 e. The fourth-order valence-corrected chi connectivity index (χ4v) is 3.10. The molecule has 2 aromatic carbocycles. The lowest BCUT2D eigenvalue weighted by atomic mass is 10.1. The van der Waals surface area contributed by atoms with Gasteiger partial charge in [-0.25, -0.2) is 0 Å². The van der Waals surface area contributed by atoms with Crippen molar-refractivity contribution in [2.24, 2.45) is 0 Å². The van der Waals surface area contributed by atoms with Gasteiger partial charge in [-0.15, -0.1) is 0 Å². The number of H-pyrrole nitrogens is 2. The fraction of sp³-hybridized carbons (Fsp3) is 0.176. The van der Waals surface area contributed by atoms with E-state index in [4.69, 9.17) is 0 Å².